The summed E-state index contributed by atoms with van der Waals surface area (Å²) in [6, 6.07) is 13.9. The average Bonchev–Trinajstić information content (AvgIpc) is 3.03. The normalized spacial score (nSPS) is 24.5. The van der Waals surface area contributed by atoms with E-state index < -0.39 is 0 Å². The first-order valence-corrected chi connectivity index (χ1v) is 10.6. The van der Waals surface area contributed by atoms with Gasteiger partial charge in [0.25, 0.3) is 0 Å². The van der Waals surface area contributed by atoms with Gasteiger partial charge in [-0.25, -0.2) is 0 Å². The van der Waals surface area contributed by atoms with Crippen molar-refractivity contribution in [3.05, 3.63) is 71.2 Å². The average molecular weight is 397 g/mol. The maximum absolute atomic E-state index is 12.6. The molecule has 2 unspecified atom stereocenters. The summed E-state index contributed by atoms with van der Waals surface area (Å²) in [6.45, 7) is 4.24. The zero-order chi connectivity index (χ0) is 19.7. The summed E-state index contributed by atoms with van der Waals surface area (Å²) >= 11 is 1.36. The highest BCUT2D eigenvalue weighted by Crippen LogP contribution is 2.60. The highest BCUT2D eigenvalue weighted by atomic mass is 32.2. The van der Waals surface area contributed by atoms with Crippen LogP contribution >= 0.6 is 11.8 Å². The van der Waals surface area contributed by atoms with E-state index >= 15 is 0 Å². The Kier molecular flexibility index (Phi) is 5.19. The first kappa shape index (κ1) is 19.1. The van der Waals surface area contributed by atoms with Crippen LogP contribution in [0.3, 0.4) is 0 Å². The third kappa shape index (κ3) is 3.95. The highest BCUT2D eigenvalue weighted by Gasteiger charge is 2.61. The van der Waals surface area contributed by atoms with Crippen LogP contribution in [0, 0.1) is 17.3 Å². The van der Waals surface area contributed by atoms with Crippen LogP contribution in [0.1, 0.15) is 37.4 Å². The fourth-order valence-corrected chi connectivity index (χ4v) is 4.74. The van der Waals surface area contributed by atoms with Gasteiger partial charge in [-0.2, -0.15) is 0 Å². The van der Waals surface area contributed by atoms with Gasteiger partial charge in [0, 0.05) is 17.7 Å². The lowest BCUT2D eigenvalue weighted by molar-refractivity contribution is -0.148. The first-order chi connectivity index (χ1) is 13.4. The molecule has 2 fully saturated rings. The number of hydrogen-bond acceptors (Lipinski definition) is 5. The van der Waals surface area contributed by atoms with E-state index in [2.05, 4.69) is 26.0 Å². The van der Waals surface area contributed by atoms with Crippen LogP contribution in [0.4, 0.5) is 0 Å². The van der Waals surface area contributed by atoms with Gasteiger partial charge in [-0.1, -0.05) is 62.0 Å². The molecule has 1 aromatic carbocycles. The van der Waals surface area contributed by atoms with Crippen molar-refractivity contribution in [2.75, 3.05) is 5.75 Å². The maximum atomic E-state index is 12.6. The fraction of sp³-hybridized carbons (Fsp3) is 0.391. The Morgan fingerprint density at radius 2 is 1.96 bits per heavy atom. The van der Waals surface area contributed by atoms with E-state index in [0.29, 0.717) is 12.2 Å². The van der Waals surface area contributed by atoms with Gasteiger partial charge in [0.15, 0.2) is 0 Å². The summed E-state index contributed by atoms with van der Waals surface area (Å²) in [7, 11) is 0. The molecule has 1 saturated heterocycles. The van der Waals surface area contributed by atoms with Crippen molar-refractivity contribution in [2.45, 2.75) is 33.3 Å². The standard InChI is InChI=1S/C23H24O4S/c1-23(2)19(13-16-10-11-28-22(16)25)20(23)21(24)26-14-18-9-8-17(27-18)12-15-6-4-3-5-7-15/h3-9,13,19-20H,10-12,14H2,1-2H3/b16-13+. The number of benzene rings is 1. The lowest BCUT2D eigenvalue weighted by Crippen LogP contribution is -2.10. The molecule has 1 saturated carbocycles. The predicted octanol–water partition coefficient (Wildman–Crippen LogP) is 4.78. The van der Waals surface area contributed by atoms with Crippen molar-refractivity contribution in [3.63, 3.8) is 0 Å². The van der Waals surface area contributed by atoms with E-state index in [-0.39, 0.29) is 34.9 Å². The molecule has 28 heavy (non-hydrogen) atoms. The Hall–Kier alpha value is -2.27. The number of carbonyl (C=O) groups is 2. The third-order valence-corrected chi connectivity index (χ3v) is 6.64. The van der Waals surface area contributed by atoms with Crippen LogP contribution in [0.15, 0.2) is 58.5 Å². The molecular weight excluding hydrogens is 372 g/mol. The van der Waals surface area contributed by atoms with E-state index in [1.54, 1.807) is 0 Å². The van der Waals surface area contributed by atoms with Crippen LogP contribution in [-0.2, 0) is 27.4 Å². The molecule has 1 aliphatic carbocycles. The van der Waals surface area contributed by atoms with Gasteiger partial charge in [0.2, 0.25) is 5.12 Å². The SMILES string of the molecule is CC1(C)C(/C=C2\CCSC2=O)C1C(=O)OCc1ccc(Cc2ccccc2)o1. The van der Waals surface area contributed by atoms with E-state index in [1.807, 2.05) is 36.4 Å². The van der Waals surface area contributed by atoms with Gasteiger partial charge in [0.05, 0.1) is 5.92 Å². The van der Waals surface area contributed by atoms with Crippen molar-refractivity contribution < 1.29 is 18.7 Å². The molecule has 146 valence electrons. The molecule has 4 nitrogen and oxygen atoms in total. The maximum Gasteiger partial charge on any atom is 0.310 e. The number of furan rings is 1. The Morgan fingerprint density at radius 1 is 1.21 bits per heavy atom. The van der Waals surface area contributed by atoms with Crippen molar-refractivity contribution in [2.24, 2.45) is 17.3 Å². The molecule has 4 rings (SSSR count). The molecule has 0 amide bonds. The monoisotopic (exact) mass is 396 g/mol. The number of allylic oxidation sites excluding steroid dienone is 1. The first-order valence-electron chi connectivity index (χ1n) is 9.61. The number of carbonyl (C=O) groups excluding carboxylic acids is 2. The summed E-state index contributed by atoms with van der Waals surface area (Å²) in [5.74, 6) is 2.00. The minimum Gasteiger partial charge on any atom is -0.462 e. The largest absolute Gasteiger partial charge is 0.462 e. The number of hydrogen-bond donors (Lipinski definition) is 0. The quantitative estimate of drug-likeness (QED) is 0.520. The molecule has 1 aliphatic heterocycles. The smallest absolute Gasteiger partial charge is 0.310 e. The van der Waals surface area contributed by atoms with Gasteiger partial charge in [-0.05, 0) is 35.4 Å². The van der Waals surface area contributed by atoms with Gasteiger partial charge in [0.1, 0.15) is 18.1 Å². The number of esters is 1. The van der Waals surface area contributed by atoms with E-state index in [0.717, 1.165) is 23.5 Å². The van der Waals surface area contributed by atoms with E-state index in [9.17, 15) is 9.59 Å². The molecule has 0 spiro atoms. The minimum absolute atomic E-state index is 0.0721. The lowest BCUT2D eigenvalue weighted by atomic mass is 10.1. The molecule has 2 aromatic rings. The van der Waals surface area contributed by atoms with E-state index in [4.69, 9.17) is 9.15 Å². The molecule has 1 aromatic heterocycles. The number of ether oxygens (including phenoxy) is 1. The summed E-state index contributed by atoms with van der Waals surface area (Å²) < 4.78 is 11.3. The molecule has 5 heteroatoms. The minimum atomic E-state index is -0.217. The van der Waals surface area contributed by atoms with Gasteiger partial charge in [-0.15, -0.1) is 0 Å². The second kappa shape index (κ2) is 7.63. The predicted molar refractivity (Wildman–Crippen MR) is 109 cm³/mol. The zero-order valence-electron chi connectivity index (χ0n) is 16.1. The Balaban J connectivity index is 1.33. The molecule has 2 aliphatic rings. The summed E-state index contributed by atoms with van der Waals surface area (Å²) in [6.07, 6.45) is 3.51. The second-order valence-corrected chi connectivity index (χ2v) is 9.11. The molecule has 2 atom stereocenters. The molecule has 0 radical (unpaired) electrons. The topological polar surface area (TPSA) is 56.5 Å². The highest BCUT2D eigenvalue weighted by molar-refractivity contribution is 8.14. The zero-order valence-corrected chi connectivity index (χ0v) is 17.0. The lowest BCUT2D eigenvalue weighted by Gasteiger charge is -2.04. The molecule has 2 heterocycles. The fourth-order valence-electron chi connectivity index (χ4n) is 3.88. The summed E-state index contributed by atoms with van der Waals surface area (Å²) in [5, 5.41) is 0.149. The van der Waals surface area contributed by atoms with Crippen LogP contribution in [0.25, 0.3) is 0 Å². The Morgan fingerprint density at radius 3 is 2.68 bits per heavy atom. The van der Waals surface area contributed by atoms with Gasteiger partial charge in [-0.3, -0.25) is 9.59 Å². The van der Waals surface area contributed by atoms with Crippen molar-refractivity contribution in [1.29, 1.82) is 0 Å². The molecular formula is C23H24O4S. The summed E-state index contributed by atoms with van der Waals surface area (Å²) in [4.78, 5) is 24.4. The van der Waals surface area contributed by atoms with Crippen LogP contribution in [0.5, 0.6) is 0 Å². The second-order valence-electron chi connectivity index (χ2n) is 8.04. The Bertz CT molecular complexity index is 910. The number of thioether (sulfide) groups is 1. The molecule has 0 N–H and O–H groups in total. The van der Waals surface area contributed by atoms with E-state index in [1.165, 1.54) is 17.3 Å². The van der Waals surface area contributed by atoms with Crippen molar-refractivity contribution in [1.82, 2.24) is 0 Å². The van der Waals surface area contributed by atoms with Gasteiger partial charge >= 0.3 is 5.97 Å². The van der Waals surface area contributed by atoms with Crippen LogP contribution in [0.2, 0.25) is 0 Å². The van der Waals surface area contributed by atoms with Gasteiger partial charge < -0.3 is 9.15 Å². The summed E-state index contributed by atoms with van der Waals surface area (Å²) in [5.41, 5.74) is 1.87. The van der Waals surface area contributed by atoms with Crippen molar-refractivity contribution >= 4 is 22.8 Å². The molecule has 0 bridgehead atoms. The Labute approximate surface area is 169 Å². The van der Waals surface area contributed by atoms with Crippen molar-refractivity contribution in [3.8, 4) is 0 Å². The van der Waals surface area contributed by atoms with Crippen LogP contribution < -0.4 is 0 Å². The van der Waals surface area contributed by atoms with Crippen LogP contribution in [-0.4, -0.2) is 16.8 Å². The number of rotatable bonds is 6. The third-order valence-electron chi connectivity index (χ3n) is 5.71.